The highest BCUT2D eigenvalue weighted by Gasteiger charge is 2.18. The molecule has 0 saturated carbocycles. The number of pyridine rings is 1. The molecule has 0 amide bonds. The fourth-order valence-corrected chi connectivity index (χ4v) is 2.45. The van der Waals surface area contributed by atoms with Crippen molar-refractivity contribution in [3.05, 3.63) is 28.0 Å². The van der Waals surface area contributed by atoms with Crippen LogP contribution in [0, 0.1) is 5.92 Å². The van der Waals surface area contributed by atoms with Gasteiger partial charge in [-0.2, -0.15) is 0 Å². The Morgan fingerprint density at radius 3 is 2.78 bits per heavy atom. The molecule has 18 heavy (non-hydrogen) atoms. The van der Waals surface area contributed by atoms with Crippen molar-refractivity contribution in [2.75, 3.05) is 13.1 Å². The fourth-order valence-electron chi connectivity index (χ4n) is 1.94. The summed E-state index contributed by atoms with van der Waals surface area (Å²) in [7, 11) is 0. The summed E-state index contributed by atoms with van der Waals surface area (Å²) in [4.78, 5) is 15.4. The summed E-state index contributed by atoms with van der Waals surface area (Å²) in [5.74, 6) is 0.204. The average Bonchev–Trinajstić information content (AvgIpc) is 2.78. The Hall–Kier alpha value is -0.840. The van der Waals surface area contributed by atoms with E-state index in [4.69, 9.17) is 27.9 Å². The van der Waals surface area contributed by atoms with E-state index < -0.39 is 0 Å². The van der Waals surface area contributed by atoms with Crippen LogP contribution >= 0.6 is 23.2 Å². The summed E-state index contributed by atoms with van der Waals surface area (Å²) in [5.41, 5.74) is 0.748. The number of nitrogens with one attached hydrogen (secondary N) is 1. The molecule has 2 heterocycles. The number of carbonyl (C=O) groups is 1. The summed E-state index contributed by atoms with van der Waals surface area (Å²) in [6.07, 6.45) is 1.49. The number of aromatic nitrogens is 1. The lowest BCUT2D eigenvalue weighted by Crippen LogP contribution is -2.14. The van der Waals surface area contributed by atoms with Crippen molar-refractivity contribution in [1.82, 2.24) is 10.3 Å². The van der Waals surface area contributed by atoms with E-state index in [0.717, 1.165) is 25.1 Å². The number of hydrogen-bond acceptors (Lipinski definition) is 4. The molecule has 1 aliphatic heterocycles. The van der Waals surface area contributed by atoms with Crippen molar-refractivity contribution in [3.63, 3.8) is 0 Å². The van der Waals surface area contributed by atoms with Crippen molar-refractivity contribution >= 4 is 29.2 Å². The zero-order chi connectivity index (χ0) is 13.0. The van der Waals surface area contributed by atoms with Gasteiger partial charge >= 0.3 is 5.97 Å². The van der Waals surface area contributed by atoms with E-state index in [2.05, 4.69) is 10.3 Å². The number of nitrogens with zero attached hydrogens (tertiary/aromatic N) is 1. The van der Waals surface area contributed by atoms with Gasteiger partial charge in [0.2, 0.25) is 0 Å². The highest BCUT2D eigenvalue weighted by atomic mass is 35.5. The topological polar surface area (TPSA) is 51.2 Å². The molecule has 6 heteroatoms. The first kappa shape index (κ1) is 13.6. The van der Waals surface area contributed by atoms with Gasteiger partial charge in [0.25, 0.3) is 0 Å². The van der Waals surface area contributed by atoms with Crippen molar-refractivity contribution in [1.29, 1.82) is 0 Å². The van der Waals surface area contributed by atoms with Crippen LogP contribution in [0.25, 0.3) is 0 Å². The lowest BCUT2D eigenvalue weighted by molar-refractivity contribution is -0.145. The Labute approximate surface area is 116 Å². The molecule has 2 rings (SSSR count). The van der Waals surface area contributed by atoms with Crippen LogP contribution in [-0.4, -0.2) is 24.0 Å². The zero-order valence-electron chi connectivity index (χ0n) is 9.79. The number of carbonyl (C=O) groups excluding carboxylic acids is 1. The molecule has 0 aliphatic carbocycles. The summed E-state index contributed by atoms with van der Waals surface area (Å²) < 4.78 is 5.19. The van der Waals surface area contributed by atoms with Gasteiger partial charge in [-0.1, -0.05) is 23.2 Å². The molecule has 0 aromatic carbocycles. The number of ether oxygens (including phenoxy) is 1. The Bertz CT molecular complexity index is 414. The largest absolute Gasteiger partial charge is 0.461 e. The van der Waals surface area contributed by atoms with Crippen molar-refractivity contribution in [2.45, 2.75) is 19.4 Å². The lowest BCUT2D eigenvalue weighted by atomic mass is 10.1. The molecule has 98 valence electrons. The van der Waals surface area contributed by atoms with Crippen molar-refractivity contribution < 1.29 is 9.53 Å². The fraction of sp³-hybridized carbons (Fsp3) is 0.500. The van der Waals surface area contributed by atoms with E-state index in [1.165, 1.54) is 0 Å². The average molecular weight is 289 g/mol. The molecule has 1 fully saturated rings. The van der Waals surface area contributed by atoms with Crippen LogP contribution in [0.1, 0.15) is 18.4 Å². The maximum absolute atomic E-state index is 11.6. The predicted octanol–water partition coefficient (Wildman–Crippen LogP) is 2.43. The smallest absolute Gasteiger partial charge is 0.306 e. The number of hydrogen-bond donors (Lipinski definition) is 1. The minimum Gasteiger partial charge on any atom is -0.461 e. The van der Waals surface area contributed by atoms with Gasteiger partial charge < -0.3 is 10.1 Å². The molecule has 1 aliphatic rings. The van der Waals surface area contributed by atoms with Gasteiger partial charge in [0.15, 0.2) is 0 Å². The van der Waals surface area contributed by atoms with Crippen LogP contribution in [-0.2, 0) is 16.1 Å². The molecule has 1 saturated heterocycles. The second kappa shape index (κ2) is 6.36. The third-order valence-electron chi connectivity index (χ3n) is 2.84. The monoisotopic (exact) mass is 288 g/mol. The van der Waals surface area contributed by atoms with Gasteiger partial charge in [-0.3, -0.25) is 4.79 Å². The van der Waals surface area contributed by atoms with Gasteiger partial charge in [0, 0.05) is 6.42 Å². The molecule has 1 aromatic heterocycles. The molecule has 0 radical (unpaired) electrons. The minimum absolute atomic E-state index is 0.181. The van der Waals surface area contributed by atoms with Gasteiger partial charge in [0.1, 0.15) is 16.9 Å². The first-order valence-corrected chi connectivity index (χ1v) is 6.57. The SMILES string of the molecule is O=C(C[C@@H]1CCNC1)OCc1cc(Cl)nc(Cl)c1. The Morgan fingerprint density at radius 2 is 2.17 bits per heavy atom. The summed E-state index contributed by atoms with van der Waals surface area (Å²) in [6, 6.07) is 3.27. The Balaban J connectivity index is 1.81. The Morgan fingerprint density at radius 1 is 1.44 bits per heavy atom. The molecule has 1 N–H and O–H groups in total. The second-order valence-corrected chi connectivity index (χ2v) is 5.12. The molecule has 4 nitrogen and oxygen atoms in total. The van der Waals surface area contributed by atoms with E-state index in [1.54, 1.807) is 12.1 Å². The van der Waals surface area contributed by atoms with E-state index in [9.17, 15) is 4.79 Å². The summed E-state index contributed by atoms with van der Waals surface area (Å²) in [5, 5.41) is 3.81. The predicted molar refractivity (Wildman–Crippen MR) is 69.6 cm³/mol. The molecule has 0 spiro atoms. The van der Waals surface area contributed by atoms with Crippen molar-refractivity contribution in [3.8, 4) is 0 Å². The molecule has 1 aromatic rings. The standard InChI is InChI=1S/C12H14Cl2N2O2/c13-10-3-9(4-11(14)16-10)7-18-12(17)5-8-1-2-15-6-8/h3-4,8,15H,1-2,5-7H2/t8-/m0/s1. The van der Waals surface area contributed by atoms with Crippen LogP contribution in [0.15, 0.2) is 12.1 Å². The van der Waals surface area contributed by atoms with Gasteiger partial charge in [-0.15, -0.1) is 0 Å². The number of esters is 1. The maximum Gasteiger partial charge on any atom is 0.306 e. The summed E-state index contributed by atoms with van der Waals surface area (Å²) >= 11 is 11.5. The third kappa shape index (κ3) is 4.12. The van der Waals surface area contributed by atoms with Gasteiger partial charge in [0.05, 0.1) is 0 Å². The zero-order valence-corrected chi connectivity index (χ0v) is 11.3. The molecule has 1 atom stereocenters. The van der Waals surface area contributed by atoms with Crippen LogP contribution in [0.5, 0.6) is 0 Å². The van der Waals surface area contributed by atoms with Crippen LogP contribution in [0.3, 0.4) is 0 Å². The normalized spacial score (nSPS) is 18.9. The third-order valence-corrected chi connectivity index (χ3v) is 3.23. The highest BCUT2D eigenvalue weighted by molar-refractivity contribution is 6.32. The Kier molecular flexibility index (Phi) is 4.80. The van der Waals surface area contributed by atoms with Gasteiger partial charge in [-0.25, -0.2) is 4.98 Å². The molecular weight excluding hydrogens is 275 g/mol. The first-order valence-electron chi connectivity index (χ1n) is 5.82. The molecular formula is C12H14Cl2N2O2. The van der Waals surface area contributed by atoms with Crippen LogP contribution in [0.4, 0.5) is 0 Å². The van der Waals surface area contributed by atoms with Crippen molar-refractivity contribution in [2.24, 2.45) is 5.92 Å². The quantitative estimate of drug-likeness (QED) is 0.683. The highest BCUT2D eigenvalue weighted by Crippen LogP contribution is 2.17. The summed E-state index contributed by atoms with van der Waals surface area (Å²) in [6.45, 7) is 2.05. The van der Waals surface area contributed by atoms with Crippen LogP contribution < -0.4 is 5.32 Å². The first-order chi connectivity index (χ1) is 8.63. The number of rotatable bonds is 4. The van der Waals surface area contributed by atoms with E-state index in [0.29, 0.717) is 22.6 Å². The molecule has 0 unspecified atom stereocenters. The van der Waals surface area contributed by atoms with Crippen LogP contribution in [0.2, 0.25) is 10.3 Å². The minimum atomic E-state index is -0.187. The van der Waals surface area contributed by atoms with E-state index in [-0.39, 0.29) is 12.6 Å². The molecule has 0 bridgehead atoms. The van der Waals surface area contributed by atoms with E-state index >= 15 is 0 Å². The lowest BCUT2D eigenvalue weighted by Gasteiger charge is -2.09. The number of halogens is 2. The maximum atomic E-state index is 11.6. The van der Waals surface area contributed by atoms with Gasteiger partial charge in [-0.05, 0) is 43.1 Å². The van der Waals surface area contributed by atoms with E-state index in [1.807, 2.05) is 0 Å². The second-order valence-electron chi connectivity index (χ2n) is 4.34.